The lowest BCUT2D eigenvalue weighted by Gasteiger charge is -2.28. The van der Waals surface area contributed by atoms with Crippen LogP contribution in [0.3, 0.4) is 0 Å². The van der Waals surface area contributed by atoms with Crippen LogP contribution in [0.15, 0.2) is 22.5 Å². The Morgan fingerprint density at radius 1 is 0.933 bits per heavy atom. The van der Waals surface area contributed by atoms with Crippen molar-refractivity contribution < 1.29 is 33.4 Å². The number of carbonyl (C=O) groups is 4. The van der Waals surface area contributed by atoms with E-state index in [2.05, 4.69) is 17.6 Å². The van der Waals surface area contributed by atoms with E-state index in [1.165, 1.54) is 14.2 Å². The second kappa shape index (κ2) is 10.3. The summed E-state index contributed by atoms with van der Waals surface area (Å²) in [4.78, 5) is 49.7. The molecule has 0 atom stereocenters. The summed E-state index contributed by atoms with van der Waals surface area (Å²) in [7, 11) is 2.35. The number of dihydropyridines is 1. The molecule has 30 heavy (non-hydrogen) atoms. The van der Waals surface area contributed by atoms with Gasteiger partial charge in [-0.3, -0.25) is 9.59 Å². The normalized spacial score (nSPS) is 22.2. The molecule has 0 saturated heterocycles. The number of nitrogens with one attached hydrogen (secondary N) is 2. The maximum atomic E-state index is 12.9. The van der Waals surface area contributed by atoms with Crippen molar-refractivity contribution in [3.63, 3.8) is 0 Å². The standard InChI is InChI=1S/C21H30N2O7/c1-11-6-8-14(9-7-11)23-15(24)10-30-21(27)18-16(19(25)28-4)12(2)22-13(3)17(18)20(26)29-5/h11,14,18,22H,6-10H2,1-5H3,(H,23,24). The zero-order chi connectivity index (χ0) is 22.4. The highest BCUT2D eigenvalue weighted by Gasteiger charge is 2.42. The Kier molecular flexibility index (Phi) is 8.02. The van der Waals surface area contributed by atoms with Crippen molar-refractivity contribution in [1.29, 1.82) is 0 Å². The minimum atomic E-state index is -1.35. The molecule has 166 valence electrons. The number of amides is 1. The van der Waals surface area contributed by atoms with E-state index in [-0.39, 0.29) is 17.2 Å². The summed E-state index contributed by atoms with van der Waals surface area (Å²) in [5, 5.41) is 5.76. The molecule has 1 heterocycles. The third-order valence-electron chi connectivity index (χ3n) is 5.53. The largest absolute Gasteiger partial charge is 0.466 e. The third kappa shape index (κ3) is 5.40. The molecule has 2 aliphatic rings. The lowest BCUT2D eigenvalue weighted by molar-refractivity contribution is -0.153. The Labute approximate surface area is 176 Å². The van der Waals surface area contributed by atoms with Crippen LogP contribution in [-0.2, 0) is 33.4 Å². The maximum absolute atomic E-state index is 12.9. The first-order valence-electron chi connectivity index (χ1n) is 10.0. The van der Waals surface area contributed by atoms with Crippen LogP contribution in [-0.4, -0.2) is 50.7 Å². The summed E-state index contributed by atoms with van der Waals surface area (Å²) >= 11 is 0. The number of esters is 3. The minimum Gasteiger partial charge on any atom is -0.466 e. The van der Waals surface area contributed by atoms with E-state index >= 15 is 0 Å². The molecule has 1 fully saturated rings. The highest BCUT2D eigenvalue weighted by molar-refractivity contribution is 6.05. The van der Waals surface area contributed by atoms with Gasteiger partial charge < -0.3 is 24.8 Å². The fourth-order valence-corrected chi connectivity index (χ4v) is 3.88. The van der Waals surface area contributed by atoms with Crippen molar-refractivity contribution in [2.24, 2.45) is 11.8 Å². The van der Waals surface area contributed by atoms with E-state index in [9.17, 15) is 19.2 Å². The fourth-order valence-electron chi connectivity index (χ4n) is 3.88. The van der Waals surface area contributed by atoms with E-state index in [0.717, 1.165) is 25.7 Å². The van der Waals surface area contributed by atoms with Gasteiger partial charge in [-0.25, -0.2) is 9.59 Å². The molecule has 1 saturated carbocycles. The molecular formula is C21H30N2O7. The van der Waals surface area contributed by atoms with Crippen LogP contribution in [0, 0.1) is 11.8 Å². The summed E-state index contributed by atoms with van der Waals surface area (Å²) in [6.45, 7) is 4.85. The number of ether oxygens (including phenoxy) is 3. The van der Waals surface area contributed by atoms with Crippen molar-refractivity contribution in [2.45, 2.75) is 52.5 Å². The molecule has 0 radical (unpaired) electrons. The average molecular weight is 422 g/mol. The van der Waals surface area contributed by atoms with Gasteiger partial charge in [0.05, 0.1) is 25.4 Å². The van der Waals surface area contributed by atoms with Crippen molar-refractivity contribution in [1.82, 2.24) is 10.6 Å². The number of allylic oxidation sites excluding steroid dienone is 2. The summed E-state index contributed by atoms with van der Waals surface area (Å²) in [6.07, 6.45) is 3.86. The minimum absolute atomic E-state index is 0.0600. The maximum Gasteiger partial charge on any atom is 0.336 e. The van der Waals surface area contributed by atoms with Gasteiger partial charge in [-0.05, 0) is 45.4 Å². The van der Waals surface area contributed by atoms with Crippen LogP contribution in [0.25, 0.3) is 0 Å². The molecule has 1 aliphatic heterocycles. The Morgan fingerprint density at radius 3 is 1.90 bits per heavy atom. The monoisotopic (exact) mass is 422 g/mol. The SMILES string of the molecule is COC(=O)C1=C(C)NC(C)=C(C(=O)OC)C1C(=O)OCC(=O)NC1CCC(C)CC1. The number of hydrogen-bond acceptors (Lipinski definition) is 8. The molecule has 9 nitrogen and oxygen atoms in total. The average Bonchev–Trinajstić information content (AvgIpc) is 2.72. The van der Waals surface area contributed by atoms with Crippen LogP contribution in [0.4, 0.5) is 0 Å². The highest BCUT2D eigenvalue weighted by atomic mass is 16.5. The lowest BCUT2D eigenvalue weighted by Crippen LogP contribution is -2.41. The van der Waals surface area contributed by atoms with Crippen LogP contribution in [0.5, 0.6) is 0 Å². The zero-order valence-corrected chi connectivity index (χ0v) is 18.1. The van der Waals surface area contributed by atoms with Gasteiger partial charge in [0.1, 0.15) is 5.92 Å². The molecular weight excluding hydrogens is 392 g/mol. The summed E-state index contributed by atoms with van der Waals surface area (Å²) < 4.78 is 14.7. The molecule has 0 aromatic carbocycles. The Bertz CT molecular complexity index is 738. The Balaban J connectivity index is 2.13. The van der Waals surface area contributed by atoms with Gasteiger partial charge in [0.15, 0.2) is 6.61 Å². The quantitative estimate of drug-likeness (QED) is 0.486. The van der Waals surface area contributed by atoms with E-state index in [1.807, 2.05) is 0 Å². The molecule has 0 bridgehead atoms. The summed E-state index contributed by atoms with van der Waals surface area (Å²) in [5.41, 5.74) is 0.592. The Hall–Kier alpha value is -2.84. The zero-order valence-electron chi connectivity index (χ0n) is 18.1. The predicted octanol–water partition coefficient (Wildman–Crippen LogP) is 1.34. The van der Waals surface area contributed by atoms with Crippen LogP contribution >= 0.6 is 0 Å². The van der Waals surface area contributed by atoms with Crippen molar-refractivity contribution in [2.75, 3.05) is 20.8 Å². The molecule has 0 spiro atoms. The molecule has 9 heteroatoms. The van der Waals surface area contributed by atoms with E-state index < -0.39 is 36.3 Å². The third-order valence-corrected chi connectivity index (χ3v) is 5.53. The number of methoxy groups -OCH3 is 2. The molecule has 1 amide bonds. The molecule has 2 N–H and O–H groups in total. The van der Waals surface area contributed by atoms with Crippen molar-refractivity contribution in [3.05, 3.63) is 22.5 Å². The van der Waals surface area contributed by atoms with E-state index in [4.69, 9.17) is 14.2 Å². The van der Waals surface area contributed by atoms with Gasteiger partial charge in [0, 0.05) is 17.4 Å². The topological polar surface area (TPSA) is 120 Å². The van der Waals surface area contributed by atoms with Gasteiger partial charge in [0.25, 0.3) is 5.91 Å². The summed E-state index contributed by atoms with van der Waals surface area (Å²) in [5.74, 6) is -3.59. The molecule has 1 aliphatic carbocycles. The molecule has 0 aromatic heterocycles. The van der Waals surface area contributed by atoms with Crippen molar-refractivity contribution >= 4 is 23.8 Å². The van der Waals surface area contributed by atoms with Crippen LogP contribution in [0.1, 0.15) is 46.5 Å². The second-order valence-corrected chi connectivity index (χ2v) is 7.75. The van der Waals surface area contributed by atoms with Gasteiger partial charge in [-0.2, -0.15) is 0 Å². The first kappa shape index (κ1) is 23.4. The second-order valence-electron chi connectivity index (χ2n) is 7.75. The smallest absolute Gasteiger partial charge is 0.336 e. The predicted molar refractivity (Wildman–Crippen MR) is 107 cm³/mol. The molecule has 0 aromatic rings. The lowest BCUT2D eigenvalue weighted by atomic mass is 9.85. The van der Waals surface area contributed by atoms with Gasteiger partial charge >= 0.3 is 17.9 Å². The Morgan fingerprint density at radius 2 is 1.43 bits per heavy atom. The first-order chi connectivity index (χ1) is 14.2. The van der Waals surface area contributed by atoms with Gasteiger partial charge in [-0.1, -0.05) is 6.92 Å². The van der Waals surface area contributed by atoms with Gasteiger partial charge in [-0.15, -0.1) is 0 Å². The van der Waals surface area contributed by atoms with E-state index in [0.29, 0.717) is 17.3 Å². The number of rotatable bonds is 6. The fraction of sp³-hybridized carbons (Fsp3) is 0.619. The highest BCUT2D eigenvalue weighted by Crippen LogP contribution is 2.32. The van der Waals surface area contributed by atoms with Crippen LogP contribution < -0.4 is 10.6 Å². The van der Waals surface area contributed by atoms with Gasteiger partial charge in [0.2, 0.25) is 0 Å². The molecule has 2 rings (SSSR count). The number of hydrogen-bond donors (Lipinski definition) is 2. The number of carbonyl (C=O) groups excluding carboxylic acids is 4. The molecule has 0 unspecified atom stereocenters. The summed E-state index contributed by atoms with van der Waals surface area (Å²) in [6, 6.07) is 0.0619. The van der Waals surface area contributed by atoms with Crippen LogP contribution in [0.2, 0.25) is 0 Å². The first-order valence-corrected chi connectivity index (χ1v) is 10.0. The van der Waals surface area contributed by atoms with E-state index in [1.54, 1.807) is 13.8 Å². The van der Waals surface area contributed by atoms with Crippen molar-refractivity contribution in [3.8, 4) is 0 Å².